The van der Waals surface area contributed by atoms with Crippen molar-refractivity contribution in [3.63, 3.8) is 0 Å². The molecule has 0 saturated heterocycles. The summed E-state index contributed by atoms with van der Waals surface area (Å²) >= 11 is 0. The molecule has 0 radical (unpaired) electrons. The van der Waals surface area contributed by atoms with Crippen LogP contribution >= 0.6 is 0 Å². The van der Waals surface area contributed by atoms with Crippen LogP contribution in [0.5, 0.6) is 5.88 Å². The lowest BCUT2D eigenvalue weighted by Gasteiger charge is -2.29. The van der Waals surface area contributed by atoms with Crippen LogP contribution in [-0.4, -0.2) is 24.6 Å². The molecule has 0 saturated carbocycles. The Labute approximate surface area is 185 Å². The van der Waals surface area contributed by atoms with E-state index in [9.17, 15) is 31.6 Å². The van der Waals surface area contributed by atoms with Gasteiger partial charge in [0.25, 0.3) is 0 Å². The Kier molecular flexibility index (Phi) is 5.24. The maximum atomic E-state index is 13.0. The molecule has 3 heterocycles. The minimum absolute atomic E-state index is 0.0818. The Morgan fingerprint density at radius 1 is 1.21 bits per heavy atom. The SMILES string of the molecule is CC1=Nc2ccnc(OS(=O)(=O)C(F)(F)F)c2C(c2cccc3c(=O)cc(C)oc23)C1C#N. The first-order valence-electron chi connectivity index (χ1n) is 9.42. The van der Waals surface area contributed by atoms with Crippen LogP contribution in [0.3, 0.4) is 0 Å². The molecular formula is C21H14F3N3O5S. The molecule has 4 rings (SSSR count). The summed E-state index contributed by atoms with van der Waals surface area (Å²) in [5.41, 5.74) is -5.39. The van der Waals surface area contributed by atoms with Crippen molar-refractivity contribution in [3.05, 3.63) is 63.6 Å². The van der Waals surface area contributed by atoms with Crippen LogP contribution in [0.4, 0.5) is 18.9 Å². The second kappa shape index (κ2) is 7.70. The predicted molar refractivity (Wildman–Crippen MR) is 111 cm³/mol. The minimum atomic E-state index is -6.05. The smallest absolute Gasteiger partial charge is 0.461 e. The number of hydrogen-bond acceptors (Lipinski definition) is 8. The van der Waals surface area contributed by atoms with Crippen LogP contribution in [0.25, 0.3) is 11.0 Å². The van der Waals surface area contributed by atoms with E-state index >= 15 is 0 Å². The number of aryl methyl sites for hydroxylation is 1. The molecule has 2 aromatic heterocycles. The van der Waals surface area contributed by atoms with Crippen molar-refractivity contribution in [2.45, 2.75) is 25.3 Å². The summed E-state index contributed by atoms with van der Waals surface area (Å²) in [7, 11) is -6.05. The molecule has 3 aromatic rings. The van der Waals surface area contributed by atoms with Gasteiger partial charge in [-0.3, -0.25) is 9.79 Å². The van der Waals surface area contributed by atoms with E-state index in [0.29, 0.717) is 5.71 Å². The van der Waals surface area contributed by atoms with Gasteiger partial charge >= 0.3 is 15.6 Å². The molecule has 0 aliphatic carbocycles. The lowest BCUT2D eigenvalue weighted by Crippen LogP contribution is -2.30. The molecule has 0 amide bonds. The highest BCUT2D eigenvalue weighted by molar-refractivity contribution is 7.87. The summed E-state index contributed by atoms with van der Waals surface area (Å²) in [6, 6.07) is 9.27. The van der Waals surface area contributed by atoms with Crippen molar-refractivity contribution in [2.24, 2.45) is 10.9 Å². The fourth-order valence-electron chi connectivity index (χ4n) is 3.78. The molecule has 12 heteroatoms. The highest BCUT2D eigenvalue weighted by atomic mass is 32.2. The van der Waals surface area contributed by atoms with Crippen molar-refractivity contribution in [1.82, 2.24) is 4.98 Å². The average molecular weight is 477 g/mol. The first kappa shape index (κ1) is 22.5. The van der Waals surface area contributed by atoms with Crippen molar-refractivity contribution in [2.75, 3.05) is 0 Å². The average Bonchev–Trinajstić information content (AvgIpc) is 2.71. The van der Waals surface area contributed by atoms with Crippen molar-refractivity contribution in [1.29, 1.82) is 5.26 Å². The van der Waals surface area contributed by atoms with Gasteiger partial charge in [0.2, 0.25) is 5.88 Å². The van der Waals surface area contributed by atoms with Crippen LogP contribution in [0.2, 0.25) is 0 Å². The van der Waals surface area contributed by atoms with E-state index in [1.165, 1.54) is 30.3 Å². The monoisotopic (exact) mass is 477 g/mol. The topological polar surface area (TPSA) is 123 Å². The number of fused-ring (bicyclic) bond motifs is 2. The molecule has 0 fully saturated rings. The number of aromatic nitrogens is 1. The molecule has 2 atom stereocenters. The second-order valence-electron chi connectivity index (χ2n) is 7.31. The molecule has 1 aromatic carbocycles. The zero-order valence-corrected chi connectivity index (χ0v) is 17.9. The normalized spacial score (nSPS) is 18.4. The highest BCUT2D eigenvalue weighted by Crippen LogP contribution is 2.48. The van der Waals surface area contributed by atoms with E-state index in [0.717, 1.165) is 6.20 Å². The molecule has 0 spiro atoms. The Balaban J connectivity index is 2.05. The molecule has 1 aliphatic rings. The summed E-state index contributed by atoms with van der Waals surface area (Å²) in [4.78, 5) is 20.4. The minimum Gasteiger partial charge on any atom is -0.461 e. The lowest BCUT2D eigenvalue weighted by molar-refractivity contribution is -0.0501. The van der Waals surface area contributed by atoms with Crippen LogP contribution < -0.4 is 9.61 Å². The van der Waals surface area contributed by atoms with Crippen LogP contribution in [0.1, 0.15) is 29.7 Å². The molecule has 0 bridgehead atoms. The molecule has 170 valence electrons. The van der Waals surface area contributed by atoms with Crippen molar-refractivity contribution < 1.29 is 30.2 Å². The number of rotatable bonds is 3. The third-order valence-electron chi connectivity index (χ3n) is 5.18. The Morgan fingerprint density at radius 3 is 2.61 bits per heavy atom. The number of halogens is 3. The number of alkyl halides is 3. The number of benzene rings is 1. The van der Waals surface area contributed by atoms with Gasteiger partial charge in [0.15, 0.2) is 5.43 Å². The van der Waals surface area contributed by atoms with E-state index in [-0.39, 0.29) is 39.0 Å². The fraction of sp³-hybridized carbons (Fsp3) is 0.238. The molecule has 2 unspecified atom stereocenters. The maximum Gasteiger partial charge on any atom is 0.534 e. The summed E-state index contributed by atoms with van der Waals surface area (Å²) in [5.74, 6) is -2.70. The summed E-state index contributed by atoms with van der Waals surface area (Å²) in [6.45, 7) is 3.11. The van der Waals surface area contributed by atoms with Gasteiger partial charge in [0.05, 0.1) is 28.6 Å². The fourth-order valence-corrected chi connectivity index (χ4v) is 4.22. The van der Waals surface area contributed by atoms with Crippen LogP contribution in [0, 0.1) is 24.2 Å². The van der Waals surface area contributed by atoms with E-state index in [1.54, 1.807) is 13.8 Å². The number of hydrogen-bond donors (Lipinski definition) is 0. The summed E-state index contributed by atoms with van der Waals surface area (Å²) < 4.78 is 72.6. The number of nitrogens with zero attached hydrogens (tertiary/aromatic N) is 3. The molecule has 8 nitrogen and oxygen atoms in total. The van der Waals surface area contributed by atoms with Gasteiger partial charge < -0.3 is 8.60 Å². The van der Waals surface area contributed by atoms with Gasteiger partial charge in [-0.2, -0.15) is 26.9 Å². The van der Waals surface area contributed by atoms with Crippen LogP contribution in [-0.2, 0) is 10.1 Å². The Hall–Kier alpha value is -3.72. The molecular weight excluding hydrogens is 463 g/mol. The van der Waals surface area contributed by atoms with E-state index in [2.05, 4.69) is 20.2 Å². The molecule has 0 N–H and O–H groups in total. The number of pyridine rings is 1. The van der Waals surface area contributed by atoms with Gasteiger partial charge in [-0.15, -0.1) is 0 Å². The summed E-state index contributed by atoms with van der Waals surface area (Å²) in [5, 5.41) is 10.1. The first-order valence-corrected chi connectivity index (χ1v) is 10.8. The maximum absolute atomic E-state index is 13.0. The molecule has 1 aliphatic heterocycles. The van der Waals surface area contributed by atoms with Crippen molar-refractivity contribution in [3.8, 4) is 11.9 Å². The molecule has 33 heavy (non-hydrogen) atoms. The number of aliphatic imine (C=N–C) groups is 1. The Morgan fingerprint density at radius 2 is 1.94 bits per heavy atom. The largest absolute Gasteiger partial charge is 0.534 e. The zero-order valence-electron chi connectivity index (χ0n) is 17.0. The van der Waals surface area contributed by atoms with Gasteiger partial charge in [-0.25, -0.2) is 4.98 Å². The third-order valence-corrected chi connectivity index (χ3v) is 6.12. The zero-order chi connectivity index (χ0) is 24.1. The van der Waals surface area contributed by atoms with Crippen molar-refractivity contribution >= 4 is 32.5 Å². The van der Waals surface area contributed by atoms with Gasteiger partial charge in [0, 0.05) is 29.5 Å². The second-order valence-corrected chi connectivity index (χ2v) is 8.85. The predicted octanol–water partition coefficient (Wildman–Crippen LogP) is 4.10. The van der Waals surface area contributed by atoms with E-state index in [4.69, 9.17) is 4.42 Å². The quantitative estimate of drug-likeness (QED) is 0.411. The first-order chi connectivity index (χ1) is 15.4. The highest BCUT2D eigenvalue weighted by Gasteiger charge is 2.50. The standard InChI is InChI=1S/C21H14F3N3O5S/c1-10-8-16(28)12-4-3-5-13(19(12)31-10)17-14(9-25)11(2)27-15-6-7-26-20(18(15)17)32-33(29,30)21(22,23)24/h3-8,14,17H,1-2H3. The van der Waals surface area contributed by atoms with E-state index in [1.807, 2.05) is 0 Å². The third kappa shape index (κ3) is 3.74. The van der Waals surface area contributed by atoms with Crippen LogP contribution in [0.15, 0.2) is 50.7 Å². The Bertz CT molecular complexity index is 1520. The van der Waals surface area contributed by atoms with Gasteiger partial charge in [0.1, 0.15) is 11.3 Å². The summed E-state index contributed by atoms with van der Waals surface area (Å²) in [6.07, 6.45) is 1.05. The van der Waals surface area contributed by atoms with Gasteiger partial charge in [-0.05, 0) is 26.0 Å². The lowest BCUT2D eigenvalue weighted by atomic mass is 9.76. The number of nitriles is 1. The van der Waals surface area contributed by atoms with Gasteiger partial charge in [-0.1, -0.05) is 12.1 Å². The van der Waals surface area contributed by atoms with E-state index < -0.39 is 33.3 Å². The number of para-hydroxylation sites is 1.